The molecule has 146 valence electrons. The molecule has 1 aliphatic carbocycles. The zero-order valence-corrected chi connectivity index (χ0v) is 16.9. The van der Waals surface area contributed by atoms with Gasteiger partial charge in [0.1, 0.15) is 0 Å². The number of aryl methyl sites for hydroxylation is 2. The summed E-state index contributed by atoms with van der Waals surface area (Å²) in [6.07, 6.45) is 3.07. The van der Waals surface area contributed by atoms with Gasteiger partial charge in [-0.3, -0.25) is 9.52 Å². The Morgan fingerprint density at radius 1 is 1.26 bits per heavy atom. The normalized spacial score (nSPS) is 15.6. The number of nitrogens with zero attached hydrogens (tertiary/aromatic N) is 1. The highest BCUT2D eigenvalue weighted by atomic mass is 35.5. The van der Waals surface area contributed by atoms with Crippen molar-refractivity contribution in [3.63, 3.8) is 0 Å². The van der Waals surface area contributed by atoms with Crippen LogP contribution >= 0.6 is 11.6 Å². The molecule has 3 rings (SSSR count). The molecule has 0 radical (unpaired) electrons. The number of pyridine rings is 1. The molecule has 0 bridgehead atoms. The van der Waals surface area contributed by atoms with Crippen LogP contribution in [-0.2, 0) is 23.5 Å². The lowest BCUT2D eigenvalue weighted by Gasteiger charge is -2.19. The molecule has 8 heteroatoms. The van der Waals surface area contributed by atoms with Gasteiger partial charge in [-0.25, -0.2) is 8.42 Å². The van der Waals surface area contributed by atoms with Crippen LogP contribution in [0.4, 0.5) is 5.69 Å². The zero-order chi connectivity index (χ0) is 19.8. The van der Waals surface area contributed by atoms with Crippen LogP contribution in [0, 0.1) is 6.92 Å². The summed E-state index contributed by atoms with van der Waals surface area (Å²) in [6.45, 7) is 1.75. The van der Waals surface area contributed by atoms with E-state index in [9.17, 15) is 18.3 Å². The fraction of sp³-hybridized carbons (Fsp3) is 0.421. The Kier molecular flexibility index (Phi) is 5.38. The Morgan fingerprint density at radius 3 is 2.56 bits per heavy atom. The van der Waals surface area contributed by atoms with Gasteiger partial charge in [-0.1, -0.05) is 23.7 Å². The van der Waals surface area contributed by atoms with Crippen molar-refractivity contribution in [3.05, 3.63) is 62.5 Å². The Bertz CT molecular complexity index is 1030. The number of aromatic nitrogens is 1. The summed E-state index contributed by atoms with van der Waals surface area (Å²) in [5.74, 6) is 0. The first-order chi connectivity index (χ1) is 12.7. The number of aliphatic hydroxyl groups excluding tert-OH is 1. The van der Waals surface area contributed by atoms with Gasteiger partial charge in [0.2, 0.25) is 10.0 Å². The van der Waals surface area contributed by atoms with E-state index in [1.54, 1.807) is 7.05 Å². The summed E-state index contributed by atoms with van der Waals surface area (Å²) in [7, 11) is -2.11. The van der Waals surface area contributed by atoms with Gasteiger partial charge in [0.15, 0.2) is 0 Å². The maximum absolute atomic E-state index is 12.9. The summed E-state index contributed by atoms with van der Waals surface area (Å²) in [5, 5.41) is 9.77. The minimum absolute atomic E-state index is 0.181. The first kappa shape index (κ1) is 19.9. The molecule has 1 aromatic carbocycles. The number of aliphatic hydroxyl groups is 1. The molecule has 0 unspecified atom stereocenters. The molecule has 2 aromatic rings. The van der Waals surface area contributed by atoms with Crippen LogP contribution in [0.25, 0.3) is 0 Å². The minimum atomic E-state index is -3.68. The SMILES string of the molecule is Cc1ccc(Cc2cc(=O)n(C)cc2NS(=O)(=O)C2(CCO)CC2)c(Cl)c1. The summed E-state index contributed by atoms with van der Waals surface area (Å²) >= 11 is 6.31. The molecule has 27 heavy (non-hydrogen) atoms. The predicted molar refractivity (Wildman–Crippen MR) is 107 cm³/mol. The number of rotatable bonds is 7. The molecule has 0 spiro atoms. The lowest BCUT2D eigenvalue weighted by molar-refractivity contribution is 0.283. The lowest BCUT2D eigenvalue weighted by atomic mass is 10.0. The molecular formula is C19H23ClN2O4S. The third-order valence-electron chi connectivity index (χ3n) is 5.09. The second-order valence-corrected chi connectivity index (χ2v) is 9.68. The molecule has 0 aliphatic heterocycles. The Morgan fingerprint density at radius 2 is 1.96 bits per heavy atom. The van der Waals surface area contributed by atoms with E-state index in [0.29, 0.717) is 35.5 Å². The molecule has 1 aromatic heterocycles. The number of anilines is 1. The van der Waals surface area contributed by atoms with Crippen molar-refractivity contribution in [1.82, 2.24) is 4.57 Å². The highest BCUT2D eigenvalue weighted by Crippen LogP contribution is 2.47. The highest BCUT2D eigenvalue weighted by molar-refractivity contribution is 7.94. The van der Waals surface area contributed by atoms with E-state index >= 15 is 0 Å². The number of nitrogens with one attached hydrogen (secondary N) is 1. The summed E-state index contributed by atoms with van der Waals surface area (Å²) in [6, 6.07) is 7.07. The van der Waals surface area contributed by atoms with Crippen molar-refractivity contribution < 1.29 is 13.5 Å². The van der Waals surface area contributed by atoms with Crippen molar-refractivity contribution in [3.8, 4) is 0 Å². The van der Waals surface area contributed by atoms with Gasteiger partial charge in [-0.05, 0) is 48.9 Å². The second kappa shape index (κ2) is 7.30. The zero-order valence-electron chi connectivity index (χ0n) is 15.3. The van der Waals surface area contributed by atoms with Crippen LogP contribution in [0.5, 0.6) is 0 Å². The van der Waals surface area contributed by atoms with Crippen molar-refractivity contribution in [1.29, 1.82) is 0 Å². The summed E-state index contributed by atoms with van der Waals surface area (Å²) in [5.41, 5.74) is 2.53. The van der Waals surface area contributed by atoms with Gasteiger partial charge in [-0.15, -0.1) is 0 Å². The second-order valence-electron chi connectivity index (χ2n) is 7.20. The van der Waals surface area contributed by atoms with Crippen LogP contribution in [-0.4, -0.2) is 29.4 Å². The first-order valence-corrected chi connectivity index (χ1v) is 10.6. The van der Waals surface area contributed by atoms with Gasteiger partial charge in [0.05, 0.1) is 10.4 Å². The number of halogens is 1. The topological polar surface area (TPSA) is 88.4 Å². The highest BCUT2D eigenvalue weighted by Gasteiger charge is 2.54. The molecule has 0 amide bonds. The van der Waals surface area contributed by atoms with E-state index in [1.807, 2.05) is 25.1 Å². The van der Waals surface area contributed by atoms with Crippen LogP contribution in [0.3, 0.4) is 0 Å². The molecular weight excluding hydrogens is 388 g/mol. The lowest BCUT2D eigenvalue weighted by Crippen LogP contribution is -2.32. The van der Waals surface area contributed by atoms with Crippen molar-refractivity contribution >= 4 is 27.3 Å². The third-order valence-corrected chi connectivity index (χ3v) is 7.69. The number of hydrogen-bond acceptors (Lipinski definition) is 4. The Hall–Kier alpha value is -1.83. The largest absolute Gasteiger partial charge is 0.396 e. The summed E-state index contributed by atoms with van der Waals surface area (Å²) < 4.78 is 28.8. The fourth-order valence-electron chi connectivity index (χ4n) is 3.16. The molecule has 0 atom stereocenters. The number of sulfonamides is 1. The molecule has 2 N–H and O–H groups in total. The average Bonchev–Trinajstić information content (AvgIpc) is 3.36. The molecule has 1 fully saturated rings. The quantitative estimate of drug-likeness (QED) is 0.734. The first-order valence-electron chi connectivity index (χ1n) is 8.75. The Balaban J connectivity index is 1.98. The smallest absolute Gasteiger partial charge is 0.250 e. The van der Waals surface area contributed by atoms with E-state index in [4.69, 9.17) is 11.6 Å². The van der Waals surface area contributed by atoms with Crippen LogP contribution in [0.2, 0.25) is 5.02 Å². The third kappa shape index (κ3) is 4.05. The van der Waals surface area contributed by atoms with E-state index in [2.05, 4.69) is 4.72 Å². The van der Waals surface area contributed by atoms with Gasteiger partial charge < -0.3 is 9.67 Å². The summed E-state index contributed by atoms with van der Waals surface area (Å²) in [4.78, 5) is 12.1. The van der Waals surface area contributed by atoms with E-state index in [1.165, 1.54) is 16.8 Å². The monoisotopic (exact) mass is 410 g/mol. The predicted octanol–water partition coefficient (Wildman–Crippen LogP) is 2.59. The van der Waals surface area contributed by atoms with Crippen LogP contribution in [0.15, 0.2) is 35.3 Å². The standard InChI is InChI=1S/C19H23ClN2O4S/c1-13-3-4-14(16(20)9-13)10-15-11-18(24)22(2)12-17(15)21-27(25,26)19(5-6-19)7-8-23/h3-4,9,11-12,21,23H,5-8,10H2,1-2H3. The van der Waals surface area contributed by atoms with Crippen molar-refractivity contribution in [2.75, 3.05) is 11.3 Å². The van der Waals surface area contributed by atoms with E-state index in [0.717, 1.165) is 11.1 Å². The average molecular weight is 411 g/mol. The molecule has 1 heterocycles. The van der Waals surface area contributed by atoms with Gasteiger partial charge in [-0.2, -0.15) is 0 Å². The fourth-order valence-corrected chi connectivity index (χ4v) is 5.15. The van der Waals surface area contributed by atoms with Crippen LogP contribution < -0.4 is 10.3 Å². The maximum atomic E-state index is 12.9. The van der Waals surface area contributed by atoms with Gasteiger partial charge in [0, 0.05) is 37.4 Å². The Labute approximate surface area is 163 Å². The molecule has 1 aliphatic rings. The van der Waals surface area contributed by atoms with E-state index < -0.39 is 14.8 Å². The van der Waals surface area contributed by atoms with Crippen LogP contribution in [0.1, 0.15) is 36.0 Å². The molecule has 1 saturated carbocycles. The minimum Gasteiger partial charge on any atom is -0.396 e. The van der Waals surface area contributed by atoms with E-state index in [-0.39, 0.29) is 18.6 Å². The molecule has 6 nitrogen and oxygen atoms in total. The van der Waals surface area contributed by atoms with Crippen molar-refractivity contribution in [2.45, 2.75) is 37.4 Å². The van der Waals surface area contributed by atoms with Crippen molar-refractivity contribution in [2.24, 2.45) is 7.05 Å². The molecule has 0 saturated heterocycles. The number of benzene rings is 1. The van der Waals surface area contributed by atoms with Gasteiger partial charge in [0.25, 0.3) is 5.56 Å². The number of hydrogen-bond donors (Lipinski definition) is 2. The van der Waals surface area contributed by atoms with Gasteiger partial charge >= 0.3 is 0 Å². The maximum Gasteiger partial charge on any atom is 0.250 e.